The number of para-hydroxylation sites is 1. The van der Waals surface area contributed by atoms with Gasteiger partial charge in [0.15, 0.2) is 0 Å². The lowest BCUT2D eigenvalue weighted by molar-refractivity contribution is 0.285. The molecule has 0 amide bonds. The minimum Gasteiger partial charge on any atom is -0.494 e. The number of nitrogens with one attached hydrogen (secondary N) is 1. The monoisotopic (exact) mass is 327 g/mol. The van der Waals surface area contributed by atoms with Crippen LogP contribution in [0.2, 0.25) is 0 Å². The lowest BCUT2D eigenvalue weighted by Gasteiger charge is -2.07. The van der Waals surface area contributed by atoms with E-state index in [0.29, 0.717) is 24.4 Å². The Kier molecular flexibility index (Phi) is 5.75. The van der Waals surface area contributed by atoms with E-state index in [4.69, 9.17) is 9.84 Å². The minimum absolute atomic E-state index is 0.148. The first-order chi connectivity index (χ1) is 10.1. The Morgan fingerprint density at radius 3 is 2.57 bits per heavy atom. The van der Waals surface area contributed by atoms with Crippen molar-refractivity contribution in [2.24, 2.45) is 0 Å². The summed E-state index contributed by atoms with van der Waals surface area (Å²) in [7, 11) is -3.49. The van der Waals surface area contributed by atoms with Gasteiger partial charge < -0.3 is 9.84 Å². The summed E-state index contributed by atoms with van der Waals surface area (Å²) in [5.41, 5.74) is 0. The van der Waals surface area contributed by atoms with Crippen molar-refractivity contribution in [2.45, 2.75) is 17.2 Å². The van der Waals surface area contributed by atoms with E-state index in [-0.39, 0.29) is 10.8 Å². The lowest BCUT2D eigenvalue weighted by atomic mass is 10.3. The number of hydrogen-bond acceptors (Lipinski definition) is 5. The van der Waals surface area contributed by atoms with Crippen LogP contribution < -0.4 is 9.46 Å². The molecular formula is C14H17NO4S2. The van der Waals surface area contributed by atoms with Crippen molar-refractivity contribution in [1.82, 2.24) is 4.72 Å². The molecule has 2 N–H and O–H groups in total. The van der Waals surface area contributed by atoms with E-state index < -0.39 is 10.0 Å². The molecule has 21 heavy (non-hydrogen) atoms. The summed E-state index contributed by atoms with van der Waals surface area (Å²) in [5.74, 6) is 0.770. The first-order valence-electron chi connectivity index (χ1n) is 6.49. The summed E-state index contributed by atoms with van der Waals surface area (Å²) in [4.78, 5) is 0.628. The summed E-state index contributed by atoms with van der Waals surface area (Å²) < 4.78 is 32.2. The Morgan fingerprint density at radius 2 is 1.90 bits per heavy atom. The van der Waals surface area contributed by atoms with E-state index in [1.807, 2.05) is 30.3 Å². The Labute approximate surface area is 128 Å². The fraction of sp³-hybridized carbons (Fsp3) is 0.286. The van der Waals surface area contributed by atoms with E-state index in [1.54, 1.807) is 6.07 Å². The highest BCUT2D eigenvalue weighted by atomic mass is 32.2. The highest BCUT2D eigenvalue weighted by Gasteiger charge is 2.15. The number of ether oxygens (including phenoxy) is 1. The van der Waals surface area contributed by atoms with Crippen LogP contribution in [0.4, 0.5) is 0 Å². The van der Waals surface area contributed by atoms with Crippen LogP contribution in [-0.2, 0) is 16.6 Å². The Morgan fingerprint density at radius 1 is 1.14 bits per heavy atom. The third-order valence-corrected chi connectivity index (χ3v) is 5.71. The van der Waals surface area contributed by atoms with Gasteiger partial charge in [-0.05, 0) is 30.7 Å². The highest BCUT2D eigenvalue weighted by Crippen LogP contribution is 2.21. The predicted octanol–water partition coefficient (Wildman–Crippen LogP) is 1.99. The topological polar surface area (TPSA) is 75.6 Å². The zero-order valence-electron chi connectivity index (χ0n) is 11.4. The van der Waals surface area contributed by atoms with Gasteiger partial charge in [-0.1, -0.05) is 18.2 Å². The molecule has 0 unspecified atom stereocenters. The Balaban J connectivity index is 1.75. The van der Waals surface area contributed by atoms with Gasteiger partial charge in [0.25, 0.3) is 0 Å². The second-order valence-electron chi connectivity index (χ2n) is 4.29. The van der Waals surface area contributed by atoms with Crippen LogP contribution in [0, 0.1) is 0 Å². The van der Waals surface area contributed by atoms with Crippen molar-refractivity contribution in [3.05, 3.63) is 47.3 Å². The molecule has 114 valence electrons. The van der Waals surface area contributed by atoms with Crippen molar-refractivity contribution < 1.29 is 18.3 Å². The molecule has 5 nitrogen and oxygen atoms in total. The van der Waals surface area contributed by atoms with Crippen LogP contribution in [0.1, 0.15) is 11.3 Å². The first kappa shape index (κ1) is 16.0. The largest absolute Gasteiger partial charge is 0.494 e. The second-order valence-corrected chi connectivity index (χ2v) is 7.45. The average Bonchev–Trinajstić information content (AvgIpc) is 2.98. The van der Waals surface area contributed by atoms with Crippen LogP contribution in [0.25, 0.3) is 0 Å². The van der Waals surface area contributed by atoms with E-state index in [2.05, 4.69) is 4.72 Å². The zero-order valence-corrected chi connectivity index (χ0v) is 13.0. The molecule has 1 heterocycles. The van der Waals surface area contributed by atoms with E-state index in [0.717, 1.165) is 17.1 Å². The molecule has 0 saturated heterocycles. The summed E-state index contributed by atoms with van der Waals surface area (Å²) in [6, 6.07) is 12.5. The highest BCUT2D eigenvalue weighted by molar-refractivity contribution is 7.91. The Hall–Kier alpha value is -1.41. The van der Waals surface area contributed by atoms with Gasteiger partial charge in [0, 0.05) is 11.4 Å². The molecule has 1 aromatic carbocycles. The van der Waals surface area contributed by atoms with Gasteiger partial charge in [0.05, 0.1) is 13.2 Å². The number of sulfonamides is 1. The van der Waals surface area contributed by atoms with Crippen LogP contribution in [0.3, 0.4) is 0 Å². The number of aliphatic hydroxyl groups is 1. The summed E-state index contributed by atoms with van der Waals surface area (Å²) in [6.07, 6.45) is 0.576. The number of rotatable bonds is 8. The third-order valence-electron chi connectivity index (χ3n) is 2.68. The Bertz CT molecular complexity index is 653. The lowest BCUT2D eigenvalue weighted by Crippen LogP contribution is -2.25. The molecule has 0 spiro atoms. The maximum Gasteiger partial charge on any atom is 0.250 e. The second kappa shape index (κ2) is 7.56. The predicted molar refractivity (Wildman–Crippen MR) is 82.0 cm³/mol. The molecule has 0 atom stereocenters. The SMILES string of the molecule is O=S(=O)(NCCCOc1ccccc1)c1ccc(CO)s1. The van der Waals surface area contributed by atoms with Crippen molar-refractivity contribution in [3.63, 3.8) is 0 Å². The molecule has 2 aromatic rings. The maximum atomic E-state index is 12.0. The quantitative estimate of drug-likeness (QED) is 0.727. The molecule has 0 saturated carbocycles. The van der Waals surface area contributed by atoms with Gasteiger partial charge in [-0.25, -0.2) is 13.1 Å². The van der Waals surface area contributed by atoms with Crippen molar-refractivity contribution >= 4 is 21.4 Å². The van der Waals surface area contributed by atoms with E-state index >= 15 is 0 Å². The molecular weight excluding hydrogens is 310 g/mol. The standard InChI is InChI=1S/C14H17NO4S2/c16-11-13-7-8-14(20-13)21(17,18)15-9-4-10-19-12-5-2-1-3-6-12/h1-3,5-8,15-16H,4,9-11H2. The van der Waals surface area contributed by atoms with Crippen LogP contribution >= 0.6 is 11.3 Å². The van der Waals surface area contributed by atoms with Gasteiger partial charge in [-0.15, -0.1) is 11.3 Å². The van der Waals surface area contributed by atoms with Crippen molar-refractivity contribution in [2.75, 3.05) is 13.2 Å². The van der Waals surface area contributed by atoms with Gasteiger partial charge in [-0.2, -0.15) is 0 Å². The molecule has 0 aliphatic rings. The molecule has 0 bridgehead atoms. The van der Waals surface area contributed by atoms with E-state index in [9.17, 15) is 8.42 Å². The minimum atomic E-state index is -3.49. The van der Waals surface area contributed by atoms with Crippen LogP contribution in [-0.4, -0.2) is 26.7 Å². The molecule has 2 rings (SSSR count). The van der Waals surface area contributed by atoms with Crippen LogP contribution in [0.15, 0.2) is 46.7 Å². The smallest absolute Gasteiger partial charge is 0.250 e. The van der Waals surface area contributed by atoms with Crippen molar-refractivity contribution in [1.29, 1.82) is 0 Å². The third kappa shape index (κ3) is 4.82. The molecule has 7 heteroatoms. The average molecular weight is 327 g/mol. The number of aliphatic hydroxyl groups excluding tert-OH is 1. The molecule has 0 radical (unpaired) electrons. The first-order valence-corrected chi connectivity index (χ1v) is 8.79. The molecule has 0 fully saturated rings. The summed E-state index contributed by atoms with van der Waals surface area (Å²) >= 11 is 1.07. The zero-order chi connectivity index (χ0) is 15.1. The van der Waals surface area contributed by atoms with Gasteiger partial charge in [-0.3, -0.25) is 0 Å². The number of hydrogen-bond donors (Lipinski definition) is 2. The normalized spacial score (nSPS) is 11.5. The molecule has 0 aliphatic carbocycles. The number of thiophene rings is 1. The van der Waals surface area contributed by atoms with E-state index in [1.165, 1.54) is 6.07 Å². The fourth-order valence-corrected chi connectivity index (χ4v) is 3.98. The van der Waals surface area contributed by atoms with Gasteiger partial charge in [0.1, 0.15) is 9.96 Å². The maximum absolute atomic E-state index is 12.0. The summed E-state index contributed by atoms with van der Waals surface area (Å²) in [5, 5.41) is 8.95. The summed E-state index contributed by atoms with van der Waals surface area (Å²) in [6.45, 7) is 0.603. The van der Waals surface area contributed by atoms with Gasteiger partial charge >= 0.3 is 0 Å². The van der Waals surface area contributed by atoms with Crippen molar-refractivity contribution in [3.8, 4) is 5.75 Å². The number of benzene rings is 1. The fourth-order valence-electron chi connectivity index (χ4n) is 1.64. The van der Waals surface area contributed by atoms with Gasteiger partial charge in [0.2, 0.25) is 10.0 Å². The molecule has 0 aliphatic heterocycles. The van der Waals surface area contributed by atoms with Crippen LogP contribution in [0.5, 0.6) is 5.75 Å². The molecule has 1 aromatic heterocycles.